The number of pyridine rings is 1. The molecule has 25 heavy (non-hydrogen) atoms. The first-order valence-corrected chi connectivity index (χ1v) is 8.69. The Bertz CT molecular complexity index is 969. The zero-order valence-electron chi connectivity index (χ0n) is 13.8. The van der Waals surface area contributed by atoms with E-state index < -0.39 is 5.97 Å². The lowest BCUT2D eigenvalue weighted by atomic mass is 10.0. The highest BCUT2D eigenvalue weighted by molar-refractivity contribution is 6.31. The molecular weight excluding hydrogens is 342 g/mol. The Morgan fingerprint density at radius 3 is 3.04 bits per heavy atom. The van der Waals surface area contributed by atoms with Crippen molar-refractivity contribution >= 4 is 39.5 Å². The Balaban J connectivity index is 2.00. The maximum Gasteiger partial charge on any atom is 0.311 e. The average Bonchev–Trinajstić information content (AvgIpc) is 2.92. The molecule has 1 N–H and O–H groups in total. The van der Waals surface area contributed by atoms with Gasteiger partial charge in [0.2, 0.25) is 0 Å². The highest BCUT2D eigenvalue weighted by atomic mass is 35.5. The topological polar surface area (TPSA) is 77.2 Å². The van der Waals surface area contributed by atoms with Crippen LogP contribution in [0.1, 0.15) is 31.6 Å². The van der Waals surface area contributed by atoms with Crippen LogP contribution in [0.4, 0.5) is 0 Å². The molecule has 0 bridgehead atoms. The van der Waals surface area contributed by atoms with Gasteiger partial charge in [-0.25, -0.2) is 4.98 Å². The fourth-order valence-electron chi connectivity index (χ4n) is 3.66. The van der Waals surface area contributed by atoms with Crippen molar-refractivity contribution in [3.8, 4) is 0 Å². The molecule has 1 fully saturated rings. The van der Waals surface area contributed by atoms with E-state index in [2.05, 4.69) is 14.5 Å². The quantitative estimate of drug-likeness (QED) is 0.773. The molecule has 0 radical (unpaired) electrons. The van der Waals surface area contributed by atoms with Crippen LogP contribution in [0.3, 0.4) is 0 Å². The third kappa shape index (κ3) is 2.96. The molecule has 2 aromatic heterocycles. The molecule has 0 unspecified atom stereocenters. The van der Waals surface area contributed by atoms with Gasteiger partial charge in [-0.2, -0.15) is 0 Å². The summed E-state index contributed by atoms with van der Waals surface area (Å²) in [6, 6.07) is 5.70. The number of fused-ring (bicyclic) bond motifs is 3. The van der Waals surface area contributed by atoms with Crippen LogP contribution in [0.5, 0.6) is 0 Å². The zero-order valence-corrected chi connectivity index (χ0v) is 14.5. The van der Waals surface area contributed by atoms with Gasteiger partial charge in [0.05, 0.1) is 23.3 Å². The number of imidazole rings is 1. The number of ether oxygens (including phenoxy) is 1. The van der Waals surface area contributed by atoms with Crippen LogP contribution in [0.2, 0.25) is 5.02 Å². The molecule has 1 aliphatic rings. The highest BCUT2D eigenvalue weighted by Gasteiger charge is 2.27. The van der Waals surface area contributed by atoms with Gasteiger partial charge in [-0.1, -0.05) is 11.6 Å². The number of hydrogen-bond donors (Lipinski definition) is 1. The summed E-state index contributed by atoms with van der Waals surface area (Å²) < 4.78 is 7.73. The molecule has 0 aliphatic carbocycles. The van der Waals surface area contributed by atoms with Gasteiger partial charge >= 0.3 is 5.97 Å². The minimum Gasteiger partial charge on any atom is -0.481 e. The Kier molecular flexibility index (Phi) is 4.09. The molecule has 1 aromatic carbocycles. The Labute approximate surface area is 149 Å². The number of carboxylic acids is 1. The lowest BCUT2D eigenvalue weighted by molar-refractivity contribution is -0.136. The first-order valence-electron chi connectivity index (χ1n) is 8.31. The van der Waals surface area contributed by atoms with Crippen LogP contribution in [-0.2, 0) is 16.0 Å². The monoisotopic (exact) mass is 359 g/mol. The normalized spacial score (nSPS) is 21.0. The van der Waals surface area contributed by atoms with E-state index in [1.165, 1.54) is 0 Å². The zero-order chi connectivity index (χ0) is 17.6. The van der Waals surface area contributed by atoms with Gasteiger partial charge in [0, 0.05) is 23.1 Å². The number of carbonyl (C=O) groups is 1. The third-order valence-electron chi connectivity index (χ3n) is 4.68. The van der Waals surface area contributed by atoms with E-state index in [0.717, 1.165) is 29.3 Å². The molecule has 1 saturated heterocycles. The van der Waals surface area contributed by atoms with Gasteiger partial charge in [0.25, 0.3) is 0 Å². The van der Waals surface area contributed by atoms with Gasteiger partial charge in [0.15, 0.2) is 0 Å². The Hall–Kier alpha value is -2.18. The molecule has 0 saturated carbocycles. The molecule has 7 heteroatoms. The number of carboxylic acid groups (broad SMARTS) is 1. The summed E-state index contributed by atoms with van der Waals surface area (Å²) in [6.45, 7) is 2.69. The van der Waals surface area contributed by atoms with E-state index in [1.807, 2.05) is 19.1 Å². The van der Waals surface area contributed by atoms with Crippen molar-refractivity contribution < 1.29 is 14.6 Å². The average molecular weight is 360 g/mol. The summed E-state index contributed by atoms with van der Waals surface area (Å²) >= 11 is 6.20. The van der Waals surface area contributed by atoms with Gasteiger partial charge in [-0.15, -0.1) is 0 Å². The van der Waals surface area contributed by atoms with E-state index in [9.17, 15) is 9.90 Å². The van der Waals surface area contributed by atoms with Crippen LogP contribution in [0.25, 0.3) is 21.9 Å². The van der Waals surface area contributed by atoms with Gasteiger partial charge in [-0.05, 0) is 38.0 Å². The summed E-state index contributed by atoms with van der Waals surface area (Å²) in [5, 5.41) is 10.8. The minimum absolute atomic E-state index is 0.123. The van der Waals surface area contributed by atoms with Crippen molar-refractivity contribution in [2.45, 2.75) is 38.3 Å². The second-order valence-corrected chi connectivity index (χ2v) is 6.92. The molecule has 1 aliphatic heterocycles. The molecule has 0 spiro atoms. The summed E-state index contributed by atoms with van der Waals surface area (Å²) in [7, 11) is 0. The lowest BCUT2D eigenvalue weighted by Gasteiger charge is -2.30. The van der Waals surface area contributed by atoms with Gasteiger partial charge in [-0.3, -0.25) is 9.78 Å². The molecule has 0 amide bonds. The lowest BCUT2D eigenvalue weighted by Crippen LogP contribution is -2.27. The van der Waals surface area contributed by atoms with Crippen LogP contribution >= 0.6 is 11.6 Å². The van der Waals surface area contributed by atoms with Crippen LogP contribution in [-0.4, -0.2) is 38.3 Å². The molecule has 2 atom stereocenters. The molecule has 130 valence electrons. The summed E-state index contributed by atoms with van der Waals surface area (Å²) in [6.07, 6.45) is 3.36. The molecule has 3 aromatic rings. The number of rotatable bonds is 3. The number of halogens is 1. The predicted molar refractivity (Wildman–Crippen MR) is 95.1 cm³/mol. The van der Waals surface area contributed by atoms with Gasteiger partial charge < -0.3 is 14.4 Å². The predicted octanol–water partition coefficient (Wildman–Crippen LogP) is 3.61. The summed E-state index contributed by atoms with van der Waals surface area (Å²) in [4.78, 5) is 20.4. The second-order valence-electron chi connectivity index (χ2n) is 6.48. The van der Waals surface area contributed by atoms with Crippen LogP contribution in [0.15, 0.2) is 24.4 Å². The SMILES string of the molecule is C[C@@H]1C[C@H](n2c(CC(=O)O)nc3cnc4ccc(Cl)cc4c32)CCO1. The molecule has 6 nitrogen and oxygen atoms in total. The summed E-state index contributed by atoms with van der Waals surface area (Å²) in [5.41, 5.74) is 2.42. The van der Waals surface area contributed by atoms with Crippen molar-refractivity contribution in [3.05, 3.63) is 35.2 Å². The molecule has 3 heterocycles. The fourth-order valence-corrected chi connectivity index (χ4v) is 3.83. The van der Waals surface area contributed by atoms with Crippen molar-refractivity contribution in [1.29, 1.82) is 0 Å². The summed E-state index contributed by atoms with van der Waals surface area (Å²) in [5.74, 6) is -0.345. The first kappa shape index (κ1) is 16.3. The largest absolute Gasteiger partial charge is 0.481 e. The maximum atomic E-state index is 11.3. The smallest absolute Gasteiger partial charge is 0.311 e. The number of aromatic nitrogens is 3. The number of benzene rings is 1. The van der Waals surface area contributed by atoms with Crippen LogP contribution < -0.4 is 0 Å². The minimum atomic E-state index is -0.896. The fraction of sp³-hybridized carbons (Fsp3) is 0.389. The second kappa shape index (κ2) is 6.28. The van der Waals surface area contributed by atoms with E-state index in [4.69, 9.17) is 16.3 Å². The maximum absolute atomic E-state index is 11.3. The highest BCUT2D eigenvalue weighted by Crippen LogP contribution is 2.34. The van der Waals surface area contributed by atoms with Crippen LogP contribution in [0, 0.1) is 0 Å². The van der Waals surface area contributed by atoms with Crippen molar-refractivity contribution in [2.75, 3.05) is 6.61 Å². The standard InChI is InChI=1S/C18H18ClN3O3/c1-10-6-12(4-5-25-10)22-16(8-17(23)24)21-15-9-20-14-3-2-11(19)7-13(14)18(15)22/h2-3,7,9-10,12H,4-6,8H2,1H3,(H,23,24)/t10-,12-/m1/s1. The number of nitrogens with zero attached hydrogens (tertiary/aromatic N) is 3. The van der Waals surface area contributed by atoms with E-state index in [1.54, 1.807) is 12.3 Å². The number of hydrogen-bond acceptors (Lipinski definition) is 4. The Morgan fingerprint density at radius 1 is 1.44 bits per heavy atom. The van der Waals surface area contributed by atoms with E-state index in [-0.39, 0.29) is 18.6 Å². The van der Waals surface area contributed by atoms with E-state index >= 15 is 0 Å². The van der Waals surface area contributed by atoms with Gasteiger partial charge in [0.1, 0.15) is 17.8 Å². The third-order valence-corrected chi connectivity index (χ3v) is 4.92. The van der Waals surface area contributed by atoms with Crippen molar-refractivity contribution in [2.24, 2.45) is 0 Å². The van der Waals surface area contributed by atoms with Crippen molar-refractivity contribution in [3.63, 3.8) is 0 Å². The van der Waals surface area contributed by atoms with Crippen molar-refractivity contribution in [1.82, 2.24) is 14.5 Å². The Morgan fingerprint density at radius 2 is 2.28 bits per heavy atom. The number of aliphatic carboxylic acids is 1. The first-order chi connectivity index (χ1) is 12.0. The molecule has 4 rings (SSSR count). The molecular formula is C18H18ClN3O3. The van der Waals surface area contributed by atoms with E-state index in [0.29, 0.717) is 23.0 Å².